The first kappa shape index (κ1) is 31.3. The van der Waals surface area contributed by atoms with Crippen LogP contribution in [-0.4, -0.2) is 26.2 Å². The second-order valence-electron chi connectivity index (χ2n) is 0. The molecule has 4 heteroatoms. The molecule has 0 aliphatic carbocycles. The first-order valence-corrected chi connectivity index (χ1v) is 0. The third-order valence-electron chi connectivity index (χ3n) is 0. The molecule has 0 saturated carbocycles. The average Bonchev–Trinajstić information content (AvgIpc) is 0. The van der Waals surface area contributed by atoms with Crippen molar-refractivity contribution in [2.45, 2.75) is 0 Å². The van der Waals surface area contributed by atoms with Gasteiger partial charge < -0.3 is 0 Å². The van der Waals surface area contributed by atoms with Crippen LogP contribution in [0.2, 0.25) is 0 Å². The largest absolute Gasteiger partial charge is 0 e. The molecule has 0 amide bonds. The summed E-state index contributed by atoms with van der Waals surface area (Å²) >= 11 is 0. The topological polar surface area (TPSA) is 0 Å². The number of rotatable bonds is 0. The normalized spacial score (nSPS) is 0. The average molecular weight is 398 g/mol. The van der Waals surface area contributed by atoms with E-state index >= 15 is 0 Å². The van der Waals surface area contributed by atoms with E-state index in [2.05, 4.69) is 0 Å². The van der Waals surface area contributed by atoms with Crippen LogP contribution in [-0.2, 0) is 38.1 Å². The van der Waals surface area contributed by atoms with E-state index in [0.717, 1.165) is 0 Å². The summed E-state index contributed by atoms with van der Waals surface area (Å²) < 4.78 is 0. The first-order valence-electron chi connectivity index (χ1n) is 0. The minimum atomic E-state index is 0. The number of hydrogen-bond donors (Lipinski definition) is 0. The maximum absolute atomic E-state index is 0. The standard InChI is InChI=1S/Bi.Fe.Mo.H3P.3H/h;;;1H3;;;. The Labute approximate surface area is 73.4 Å². The monoisotopic (exact) mass is 400 g/mol. The van der Waals surface area contributed by atoms with Gasteiger partial charge in [-0.15, -0.1) is 0 Å². The fourth-order valence-electron chi connectivity index (χ4n) is 0. The summed E-state index contributed by atoms with van der Waals surface area (Å²) in [6.45, 7) is 0. The summed E-state index contributed by atoms with van der Waals surface area (Å²) in [5, 5.41) is 0. The molecule has 0 fully saturated rings. The zero-order valence-electron chi connectivity index (χ0n) is 2.18. The minimum Gasteiger partial charge on any atom is 0 e. The van der Waals surface area contributed by atoms with Gasteiger partial charge in [-0.25, -0.2) is 0 Å². The van der Waals surface area contributed by atoms with Crippen LogP contribution in [0.5, 0.6) is 0 Å². The zero-order valence-corrected chi connectivity index (χ0v) is 12.2. The smallest absolute Gasteiger partial charge is 0 e. The Balaban J connectivity index is 0. The van der Waals surface area contributed by atoms with Gasteiger partial charge in [-0.3, -0.25) is 0 Å². The van der Waals surface area contributed by atoms with Crippen LogP contribution >= 0.6 is 9.90 Å². The molecule has 0 radical (unpaired) electrons. The van der Waals surface area contributed by atoms with Crippen LogP contribution in [0.15, 0.2) is 0 Å². The molecular weight excluding hydrogens is 392 g/mol. The second-order valence-corrected chi connectivity index (χ2v) is 0. The van der Waals surface area contributed by atoms with Gasteiger partial charge in [0.25, 0.3) is 0 Å². The second kappa shape index (κ2) is 17.8. The van der Waals surface area contributed by atoms with Crippen molar-refractivity contribution in [1.29, 1.82) is 0 Å². The third kappa shape index (κ3) is 8.82. The molecule has 0 aromatic heterocycles. The summed E-state index contributed by atoms with van der Waals surface area (Å²) in [6, 6.07) is 0. The van der Waals surface area contributed by atoms with Crippen molar-refractivity contribution in [2.75, 3.05) is 0 Å². The quantitative estimate of drug-likeness (QED) is 0.358. The molecule has 1 atom stereocenters. The zero-order chi connectivity index (χ0) is 0. The molecule has 0 heterocycles. The van der Waals surface area contributed by atoms with E-state index in [4.69, 9.17) is 0 Å². The van der Waals surface area contributed by atoms with Crippen molar-refractivity contribution in [2.24, 2.45) is 0 Å². The Kier molecular flexibility index (Phi) is 139. The predicted octanol–water partition coefficient (Wildman–Crippen LogP) is -1.13. The first-order chi connectivity index (χ1) is 0. The van der Waals surface area contributed by atoms with Gasteiger partial charge in [-0.2, -0.15) is 9.90 Å². The molecule has 0 saturated heterocycles. The van der Waals surface area contributed by atoms with E-state index in [1.54, 1.807) is 0 Å². The molecule has 0 aliphatic rings. The van der Waals surface area contributed by atoms with Crippen LogP contribution in [0.3, 0.4) is 0 Å². The van der Waals surface area contributed by atoms with Crippen LogP contribution in [0.4, 0.5) is 0 Å². The molecule has 0 bridgehead atoms. The molecule has 0 spiro atoms. The molecule has 4 heavy (non-hydrogen) atoms. The van der Waals surface area contributed by atoms with Crippen molar-refractivity contribution in [3.63, 3.8) is 0 Å². The molecule has 1 unspecified atom stereocenters. The van der Waals surface area contributed by atoms with Gasteiger partial charge in [-0.1, -0.05) is 0 Å². The fraction of sp³-hybridized carbons (Fsp3) is 0. The fourth-order valence-corrected chi connectivity index (χ4v) is 0. The summed E-state index contributed by atoms with van der Waals surface area (Å²) in [7, 11) is 0. The van der Waals surface area contributed by atoms with Crippen molar-refractivity contribution >= 4 is 36.1 Å². The van der Waals surface area contributed by atoms with Gasteiger partial charge in [0.2, 0.25) is 0 Å². The Morgan fingerprint density at radius 3 is 1.00 bits per heavy atom. The molecule has 0 N–H and O–H groups in total. The van der Waals surface area contributed by atoms with Crippen LogP contribution in [0.1, 0.15) is 0 Å². The molecule has 0 rings (SSSR count). The van der Waals surface area contributed by atoms with Gasteiger partial charge >= 0.3 is 26.2 Å². The molecule has 0 aromatic carbocycles. The van der Waals surface area contributed by atoms with Crippen molar-refractivity contribution in [3.8, 4) is 0 Å². The Bertz CT molecular complexity index is 8.00. The minimum absolute atomic E-state index is 0. The van der Waals surface area contributed by atoms with Gasteiger partial charge in [0.1, 0.15) is 0 Å². The van der Waals surface area contributed by atoms with Crippen LogP contribution in [0.25, 0.3) is 0 Å². The van der Waals surface area contributed by atoms with Crippen LogP contribution in [0, 0.1) is 0 Å². The molecular formula is H6BiFeMoP. The van der Waals surface area contributed by atoms with E-state index in [1.807, 2.05) is 0 Å². The molecule has 30 valence electrons. The van der Waals surface area contributed by atoms with E-state index in [-0.39, 0.29) is 74.2 Å². The maximum atomic E-state index is 0. The summed E-state index contributed by atoms with van der Waals surface area (Å²) in [6.07, 6.45) is 0. The molecule has 0 aromatic rings. The van der Waals surface area contributed by atoms with Crippen LogP contribution < -0.4 is 0 Å². The number of hydrogen-bond acceptors (Lipinski definition) is 0. The maximum Gasteiger partial charge on any atom is 0 e. The van der Waals surface area contributed by atoms with Gasteiger partial charge in [0.05, 0.1) is 0 Å². The molecule has 0 nitrogen and oxygen atoms in total. The van der Waals surface area contributed by atoms with Crippen molar-refractivity contribution in [1.82, 2.24) is 0 Å². The van der Waals surface area contributed by atoms with E-state index < -0.39 is 0 Å². The summed E-state index contributed by atoms with van der Waals surface area (Å²) in [4.78, 5) is 0. The molecule has 0 aliphatic heterocycles. The Morgan fingerprint density at radius 1 is 1.00 bits per heavy atom. The van der Waals surface area contributed by atoms with E-state index in [9.17, 15) is 0 Å². The summed E-state index contributed by atoms with van der Waals surface area (Å²) in [5.74, 6) is 0. The third-order valence-corrected chi connectivity index (χ3v) is 0. The Hall–Kier alpha value is 2.52. The van der Waals surface area contributed by atoms with Gasteiger partial charge in [-0.05, 0) is 0 Å². The van der Waals surface area contributed by atoms with Gasteiger partial charge in [0.15, 0.2) is 0 Å². The Morgan fingerprint density at radius 2 is 1.00 bits per heavy atom. The SMILES string of the molecule is P.[BiH3].[Fe].[Mo]. The van der Waals surface area contributed by atoms with E-state index in [1.165, 1.54) is 0 Å². The van der Waals surface area contributed by atoms with Gasteiger partial charge in [0, 0.05) is 38.1 Å². The predicted molar refractivity (Wildman–Crippen MR) is 21.0 cm³/mol. The van der Waals surface area contributed by atoms with Crippen molar-refractivity contribution < 1.29 is 38.1 Å². The van der Waals surface area contributed by atoms with E-state index in [0.29, 0.717) is 0 Å². The van der Waals surface area contributed by atoms with Crippen molar-refractivity contribution in [3.05, 3.63) is 0 Å². The summed E-state index contributed by atoms with van der Waals surface area (Å²) in [5.41, 5.74) is 0.